The Bertz CT molecular complexity index is 764. The molecule has 0 unspecified atom stereocenters. The molecule has 0 atom stereocenters. The number of nitrogen functional groups attached to an aromatic ring is 1. The summed E-state index contributed by atoms with van der Waals surface area (Å²) < 4.78 is 1.76. The van der Waals surface area contributed by atoms with Gasteiger partial charge in [-0.2, -0.15) is 0 Å². The molecule has 0 fully saturated rings. The topological polar surface area (TPSA) is 56.7 Å². The monoisotopic (exact) mass is 284 g/mol. The highest BCUT2D eigenvalue weighted by atomic mass is 35.5. The van der Waals surface area contributed by atoms with Crippen molar-refractivity contribution in [1.82, 2.24) is 15.0 Å². The Morgan fingerprint density at radius 2 is 2.00 bits per heavy atom. The zero-order valence-electron chi connectivity index (χ0n) is 10.9. The van der Waals surface area contributed by atoms with Gasteiger partial charge in [-0.1, -0.05) is 28.9 Å². The smallest absolute Gasteiger partial charge is 0.0944 e. The standard InChI is InChI=1S/C15H13ClN4/c1-10-7-11(5-6-14(10)16)15-9-18-19-20(15)13-4-2-3-12(17)8-13/h2-9H,17H2,1H3. The highest BCUT2D eigenvalue weighted by Gasteiger charge is 2.10. The molecule has 0 radical (unpaired) electrons. The summed E-state index contributed by atoms with van der Waals surface area (Å²) in [5, 5.41) is 8.88. The first-order valence-corrected chi connectivity index (χ1v) is 6.56. The number of aromatic nitrogens is 3. The lowest BCUT2D eigenvalue weighted by Crippen LogP contribution is -2.00. The van der Waals surface area contributed by atoms with Crippen LogP contribution in [0.1, 0.15) is 5.56 Å². The highest BCUT2D eigenvalue weighted by Crippen LogP contribution is 2.26. The molecule has 0 spiro atoms. The van der Waals surface area contributed by atoms with Gasteiger partial charge >= 0.3 is 0 Å². The van der Waals surface area contributed by atoms with E-state index in [1.54, 1.807) is 10.9 Å². The Morgan fingerprint density at radius 3 is 2.75 bits per heavy atom. The van der Waals surface area contributed by atoms with Gasteiger partial charge in [0, 0.05) is 16.3 Å². The molecule has 0 bridgehead atoms. The zero-order valence-corrected chi connectivity index (χ0v) is 11.7. The van der Waals surface area contributed by atoms with Gasteiger partial charge in [-0.3, -0.25) is 0 Å². The van der Waals surface area contributed by atoms with Crippen molar-refractivity contribution in [1.29, 1.82) is 0 Å². The van der Waals surface area contributed by atoms with Gasteiger partial charge in [0.1, 0.15) is 0 Å². The van der Waals surface area contributed by atoms with Crippen molar-refractivity contribution < 1.29 is 0 Å². The van der Waals surface area contributed by atoms with Crippen LogP contribution < -0.4 is 5.73 Å². The van der Waals surface area contributed by atoms with Gasteiger partial charge in [-0.25, -0.2) is 4.68 Å². The van der Waals surface area contributed by atoms with Crippen LogP contribution in [0.3, 0.4) is 0 Å². The summed E-state index contributed by atoms with van der Waals surface area (Å²) in [6, 6.07) is 13.4. The molecule has 0 amide bonds. The minimum Gasteiger partial charge on any atom is -0.399 e. The van der Waals surface area contributed by atoms with E-state index < -0.39 is 0 Å². The summed E-state index contributed by atoms with van der Waals surface area (Å²) in [7, 11) is 0. The predicted molar refractivity (Wildman–Crippen MR) is 81.0 cm³/mol. The average molecular weight is 285 g/mol. The maximum Gasteiger partial charge on any atom is 0.0944 e. The Morgan fingerprint density at radius 1 is 1.15 bits per heavy atom. The van der Waals surface area contributed by atoms with Crippen molar-refractivity contribution in [2.75, 3.05) is 5.73 Å². The fourth-order valence-corrected chi connectivity index (χ4v) is 2.20. The van der Waals surface area contributed by atoms with E-state index in [-0.39, 0.29) is 0 Å². The molecule has 4 nitrogen and oxygen atoms in total. The van der Waals surface area contributed by atoms with Crippen molar-refractivity contribution in [2.45, 2.75) is 6.92 Å². The van der Waals surface area contributed by atoms with Crippen LogP contribution in [0, 0.1) is 6.92 Å². The van der Waals surface area contributed by atoms with E-state index in [0.29, 0.717) is 5.69 Å². The van der Waals surface area contributed by atoms with Gasteiger partial charge in [0.25, 0.3) is 0 Å². The maximum atomic E-state index is 6.07. The minimum atomic E-state index is 0.691. The SMILES string of the molecule is Cc1cc(-c2cnnn2-c2cccc(N)c2)ccc1Cl. The van der Waals surface area contributed by atoms with Crippen molar-refractivity contribution in [3.63, 3.8) is 0 Å². The van der Waals surface area contributed by atoms with Crippen LogP contribution in [-0.4, -0.2) is 15.0 Å². The Hall–Kier alpha value is -2.33. The number of nitrogens with two attached hydrogens (primary N) is 1. The van der Waals surface area contributed by atoms with Crippen LogP contribution in [-0.2, 0) is 0 Å². The molecule has 0 aliphatic heterocycles. The van der Waals surface area contributed by atoms with Crippen LogP contribution in [0.25, 0.3) is 16.9 Å². The molecule has 0 saturated heterocycles. The second kappa shape index (κ2) is 4.98. The maximum absolute atomic E-state index is 6.07. The van der Waals surface area contributed by atoms with Gasteiger partial charge in [0.05, 0.1) is 17.6 Å². The molecule has 20 heavy (non-hydrogen) atoms. The minimum absolute atomic E-state index is 0.691. The van der Waals surface area contributed by atoms with E-state index >= 15 is 0 Å². The molecule has 3 aromatic rings. The Balaban J connectivity index is 2.12. The lowest BCUT2D eigenvalue weighted by molar-refractivity contribution is 0.808. The summed E-state index contributed by atoms with van der Waals surface area (Å²) in [5.41, 5.74) is 10.3. The first-order chi connectivity index (χ1) is 9.65. The second-order valence-electron chi connectivity index (χ2n) is 4.59. The van der Waals surface area contributed by atoms with Gasteiger partial charge < -0.3 is 5.73 Å². The number of hydrogen-bond donors (Lipinski definition) is 1. The number of aryl methyl sites for hydroxylation is 1. The number of benzene rings is 2. The molecule has 100 valence electrons. The molecular formula is C15H13ClN4. The number of rotatable bonds is 2. The fourth-order valence-electron chi connectivity index (χ4n) is 2.08. The van der Waals surface area contributed by atoms with E-state index in [1.807, 2.05) is 49.4 Å². The molecule has 2 aromatic carbocycles. The van der Waals surface area contributed by atoms with Gasteiger partial charge in [0.2, 0.25) is 0 Å². The van der Waals surface area contributed by atoms with Crippen LogP contribution in [0.15, 0.2) is 48.7 Å². The third-order valence-electron chi connectivity index (χ3n) is 3.12. The van der Waals surface area contributed by atoms with Crippen LogP contribution in [0.5, 0.6) is 0 Å². The average Bonchev–Trinajstić information content (AvgIpc) is 2.91. The van der Waals surface area contributed by atoms with E-state index in [2.05, 4.69) is 10.3 Å². The molecule has 1 heterocycles. The quantitative estimate of drug-likeness (QED) is 0.733. The molecule has 5 heteroatoms. The number of hydrogen-bond acceptors (Lipinski definition) is 3. The number of halogens is 1. The third-order valence-corrected chi connectivity index (χ3v) is 3.54. The molecule has 3 rings (SSSR count). The largest absolute Gasteiger partial charge is 0.399 e. The molecule has 0 saturated carbocycles. The Labute approximate surface area is 121 Å². The number of nitrogens with zero attached hydrogens (tertiary/aromatic N) is 3. The molecule has 0 aliphatic carbocycles. The van der Waals surface area contributed by atoms with Gasteiger partial charge in [0.15, 0.2) is 0 Å². The van der Waals surface area contributed by atoms with Crippen LogP contribution in [0.2, 0.25) is 5.02 Å². The summed E-state index contributed by atoms with van der Waals surface area (Å²) >= 11 is 6.07. The van der Waals surface area contributed by atoms with E-state index in [4.69, 9.17) is 17.3 Å². The van der Waals surface area contributed by atoms with E-state index in [1.165, 1.54) is 0 Å². The highest BCUT2D eigenvalue weighted by molar-refractivity contribution is 6.31. The van der Waals surface area contributed by atoms with Crippen LogP contribution >= 0.6 is 11.6 Å². The van der Waals surface area contributed by atoms with Gasteiger partial charge in [-0.15, -0.1) is 5.10 Å². The fraction of sp³-hybridized carbons (Fsp3) is 0.0667. The molecule has 0 aliphatic rings. The van der Waals surface area contributed by atoms with Crippen LogP contribution in [0.4, 0.5) is 5.69 Å². The van der Waals surface area contributed by atoms with Crippen molar-refractivity contribution in [2.24, 2.45) is 0 Å². The Kier molecular flexibility index (Phi) is 3.16. The number of anilines is 1. The molecular weight excluding hydrogens is 272 g/mol. The summed E-state index contributed by atoms with van der Waals surface area (Å²) in [4.78, 5) is 0. The van der Waals surface area contributed by atoms with Crippen molar-refractivity contribution >= 4 is 17.3 Å². The first-order valence-electron chi connectivity index (χ1n) is 6.18. The first kappa shape index (κ1) is 12.7. The zero-order chi connectivity index (χ0) is 14.1. The second-order valence-corrected chi connectivity index (χ2v) is 5.00. The van der Waals surface area contributed by atoms with E-state index in [0.717, 1.165) is 27.5 Å². The summed E-state index contributed by atoms with van der Waals surface area (Å²) in [5.74, 6) is 0. The van der Waals surface area contributed by atoms with Crippen molar-refractivity contribution in [3.8, 4) is 16.9 Å². The molecule has 1 aromatic heterocycles. The van der Waals surface area contributed by atoms with Crippen molar-refractivity contribution in [3.05, 3.63) is 59.2 Å². The van der Waals surface area contributed by atoms with Gasteiger partial charge in [-0.05, 0) is 42.8 Å². The predicted octanol–water partition coefficient (Wildman–Crippen LogP) is 3.48. The summed E-state index contributed by atoms with van der Waals surface area (Å²) in [6.45, 7) is 1.97. The summed E-state index contributed by atoms with van der Waals surface area (Å²) in [6.07, 6.45) is 1.73. The lowest BCUT2D eigenvalue weighted by Gasteiger charge is -2.08. The third kappa shape index (κ3) is 2.26. The molecule has 2 N–H and O–H groups in total. The lowest BCUT2D eigenvalue weighted by atomic mass is 10.1. The normalized spacial score (nSPS) is 10.7. The van der Waals surface area contributed by atoms with E-state index in [9.17, 15) is 0 Å².